The molecule has 19 heavy (non-hydrogen) atoms. The van der Waals surface area contributed by atoms with E-state index in [0.717, 1.165) is 22.0 Å². The summed E-state index contributed by atoms with van der Waals surface area (Å²) in [6.45, 7) is 0. The predicted molar refractivity (Wildman–Crippen MR) is 83.9 cm³/mol. The van der Waals surface area contributed by atoms with Gasteiger partial charge in [-0.15, -0.1) is 11.8 Å². The van der Waals surface area contributed by atoms with Crippen LogP contribution in [0.25, 0.3) is 0 Å². The molecule has 1 nitrogen and oxygen atoms in total. The van der Waals surface area contributed by atoms with Gasteiger partial charge in [0.25, 0.3) is 0 Å². The first-order valence-electron chi connectivity index (χ1n) is 6.51. The van der Waals surface area contributed by atoms with Gasteiger partial charge in [0.15, 0.2) is 0 Å². The van der Waals surface area contributed by atoms with E-state index in [0.29, 0.717) is 0 Å². The number of nitrogen functional groups attached to an aromatic ring is 1. The van der Waals surface area contributed by atoms with Crippen molar-refractivity contribution in [1.29, 1.82) is 0 Å². The topological polar surface area (TPSA) is 26.0 Å². The average Bonchev–Trinajstić information content (AvgIpc) is 2.87. The van der Waals surface area contributed by atoms with Crippen molar-refractivity contribution in [2.24, 2.45) is 0 Å². The molecule has 0 spiro atoms. The minimum Gasteiger partial charge on any atom is -0.399 e. The molecule has 0 bridgehead atoms. The van der Waals surface area contributed by atoms with Crippen molar-refractivity contribution in [3.05, 3.63) is 58.1 Å². The van der Waals surface area contributed by atoms with E-state index >= 15 is 0 Å². The van der Waals surface area contributed by atoms with Gasteiger partial charge >= 0.3 is 0 Å². The number of hydrogen-bond acceptors (Lipinski definition) is 2. The van der Waals surface area contributed by atoms with Crippen molar-refractivity contribution in [3.8, 4) is 0 Å². The van der Waals surface area contributed by atoms with Crippen molar-refractivity contribution in [2.45, 2.75) is 29.9 Å². The van der Waals surface area contributed by atoms with Crippen molar-refractivity contribution in [2.75, 3.05) is 5.73 Å². The number of halogens is 1. The monoisotopic (exact) mass is 289 g/mol. The van der Waals surface area contributed by atoms with E-state index in [-0.39, 0.29) is 0 Å². The second kappa shape index (κ2) is 5.48. The molecule has 0 amide bonds. The van der Waals surface area contributed by atoms with Gasteiger partial charge in [0.2, 0.25) is 0 Å². The molecule has 0 saturated carbocycles. The second-order valence-electron chi connectivity index (χ2n) is 4.92. The summed E-state index contributed by atoms with van der Waals surface area (Å²) in [6, 6.07) is 12.5. The van der Waals surface area contributed by atoms with Gasteiger partial charge in [-0.3, -0.25) is 0 Å². The second-order valence-corrected chi connectivity index (χ2v) is 6.38. The van der Waals surface area contributed by atoms with Gasteiger partial charge in [-0.25, -0.2) is 0 Å². The smallest absolute Gasteiger partial charge is 0.0448 e. The minimum atomic E-state index is 0.772. The number of aryl methyl sites for hydroxylation is 2. The fourth-order valence-corrected chi connectivity index (χ4v) is 3.72. The fraction of sp³-hybridized carbons (Fsp3) is 0.250. The highest BCUT2D eigenvalue weighted by Gasteiger charge is 2.11. The Hall–Kier alpha value is -1.12. The molecule has 2 aromatic carbocycles. The van der Waals surface area contributed by atoms with E-state index < -0.39 is 0 Å². The molecular formula is C16H16ClNS. The van der Waals surface area contributed by atoms with Crippen molar-refractivity contribution < 1.29 is 0 Å². The van der Waals surface area contributed by atoms with Crippen LogP contribution in [0.5, 0.6) is 0 Å². The number of thioether (sulfide) groups is 1. The summed E-state index contributed by atoms with van der Waals surface area (Å²) in [5.74, 6) is 0.864. The molecule has 0 aliphatic heterocycles. The van der Waals surface area contributed by atoms with E-state index in [9.17, 15) is 0 Å². The van der Waals surface area contributed by atoms with Gasteiger partial charge in [-0.1, -0.05) is 17.7 Å². The van der Waals surface area contributed by atoms with Gasteiger partial charge < -0.3 is 5.73 Å². The van der Waals surface area contributed by atoms with E-state index in [2.05, 4.69) is 18.2 Å². The third-order valence-corrected chi connectivity index (χ3v) is 4.95. The Labute approximate surface area is 123 Å². The average molecular weight is 290 g/mol. The summed E-state index contributed by atoms with van der Waals surface area (Å²) in [5.41, 5.74) is 10.7. The maximum absolute atomic E-state index is 6.19. The summed E-state index contributed by atoms with van der Waals surface area (Å²) in [5, 5.41) is 0.794. The van der Waals surface area contributed by atoms with Gasteiger partial charge in [-0.2, -0.15) is 0 Å². The standard InChI is InChI=1S/C16H16ClNS/c17-16-7-5-14(18)8-13(16)10-19-15-6-4-11-2-1-3-12(11)9-15/h4-9H,1-3,10,18H2. The summed E-state index contributed by atoms with van der Waals surface area (Å²) in [7, 11) is 0. The normalized spacial score (nSPS) is 13.5. The zero-order chi connectivity index (χ0) is 13.2. The molecule has 1 aliphatic carbocycles. The largest absolute Gasteiger partial charge is 0.399 e. The van der Waals surface area contributed by atoms with Crippen molar-refractivity contribution in [1.82, 2.24) is 0 Å². The molecule has 0 radical (unpaired) electrons. The van der Waals surface area contributed by atoms with Crippen LogP contribution in [0.15, 0.2) is 41.3 Å². The van der Waals surface area contributed by atoms with Crippen LogP contribution in [0.1, 0.15) is 23.1 Å². The molecule has 98 valence electrons. The summed E-state index contributed by atoms with van der Waals surface area (Å²) >= 11 is 8.01. The molecule has 0 aromatic heterocycles. The molecule has 2 N–H and O–H groups in total. The van der Waals surface area contributed by atoms with Crippen LogP contribution in [0.4, 0.5) is 5.69 Å². The maximum Gasteiger partial charge on any atom is 0.0448 e. The molecule has 0 fully saturated rings. The zero-order valence-electron chi connectivity index (χ0n) is 10.7. The Bertz CT molecular complexity index is 610. The third-order valence-electron chi connectivity index (χ3n) is 3.53. The number of fused-ring (bicyclic) bond motifs is 1. The highest BCUT2D eigenvalue weighted by Crippen LogP contribution is 2.31. The summed E-state index contributed by atoms with van der Waals surface area (Å²) in [4.78, 5) is 1.32. The fourth-order valence-electron chi connectivity index (χ4n) is 2.50. The van der Waals surface area contributed by atoms with E-state index in [1.54, 1.807) is 0 Å². The number of rotatable bonds is 3. The lowest BCUT2D eigenvalue weighted by molar-refractivity contribution is 0.911. The van der Waals surface area contributed by atoms with Gasteiger partial charge in [0.1, 0.15) is 0 Å². The third kappa shape index (κ3) is 2.90. The Morgan fingerprint density at radius 3 is 2.79 bits per heavy atom. The molecule has 0 unspecified atom stereocenters. The maximum atomic E-state index is 6.19. The molecule has 2 aromatic rings. The van der Waals surface area contributed by atoms with Crippen LogP contribution >= 0.6 is 23.4 Å². The first kappa shape index (κ1) is 12.9. The van der Waals surface area contributed by atoms with Crippen molar-refractivity contribution in [3.63, 3.8) is 0 Å². The Morgan fingerprint density at radius 1 is 1.05 bits per heavy atom. The Kier molecular flexibility index (Phi) is 3.72. The van der Waals surface area contributed by atoms with Crippen LogP contribution in [0.2, 0.25) is 5.02 Å². The number of nitrogens with two attached hydrogens (primary N) is 1. The molecule has 0 saturated heterocycles. The summed E-state index contributed by atoms with van der Waals surface area (Å²) < 4.78 is 0. The van der Waals surface area contributed by atoms with Crippen LogP contribution in [0.3, 0.4) is 0 Å². The highest BCUT2D eigenvalue weighted by atomic mass is 35.5. The molecule has 0 atom stereocenters. The van der Waals surface area contributed by atoms with Gasteiger partial charge in [0, 0.05) is 21.4 Å². The molecule has 1 aliphatic rings. The molecule has 3 rings (SSSR count). The number of hydrogen-bond donors (Lipinski definition) is 1. The Balaban J connectivity index is 1.74. The van der Waals surface area contributed by atoms with E-state index in [4.69, 9.17) is 17.3 Å². The van der Waals surface area contributed by atoms with Gasteiger partial charge in [-0.05, 0) is 66.3 Å². The molecule has 0 heterocycles. The lowest BCUT2D eigenvalue weighted by Gasteiger charge is -2.07. The van der Waals surface area contributed by atoms with E-state index in [1.165, 1.54) is 35.3 Å². The SMILES string of the molecule is Nc1ccc(Cl)c(CSc2ccc3c(c2)CCC3)c1. The van der Waals surface area contributed by atoms with Crippen LogP contribution < -0.4 is 5.73 Å². The Morgan fingerprint density at radius 2 is 1.89 bits per heavy atom. The van der Waals surface area contributed by atoms with Crippen molar-refractivity contribution >= 4 is 29.1 Å². The predicted octanol–water partition coefficient (Wildman–Crippen LogP) is 4.70. The lowest BCUT2D eigenvalue weighted by atomic mass is 10.1. The molecular weight excluding hydrogens is 274 g/mol. The van der Waals surface area contributed by atoms with Gasteiger partial charge in [0.05, 0.1) is 0 Å². The number of benzene rings is 2. The van der Waals surface area contributed by atoms with Crippen LogP contribution in [-0.2, 0) is 18.6 Å². The first-order valence-corrected chi connectivity index (χ1v) is 7.87. The van der Waals surface area contributed by atoms with E-state index in [1.807, 2.05) is 30.0 Å². The zero-order valence-corrected chi connectivity index (χ0v) is 12.2. The summed E-state index contributed by atoms with van der Waals surface area (Å²) in [6.07, 6.45) is 3.76. The number of anilines is 1. The quantitative estimate of drug-likeness (QED) is 0.654. The van der Waals surface area contributed by atoms with Crippen LogP contribution in [0, 0.1) is 0 Å². The minimum absolute atomic E-state index is 0.772. The highest BCUT2D eigenvalue weighted by molar-refractivity contribution is 7.98. The first-order chi connectivity index (χ1) is 9.22. The van der Waals surface area contributed by atoms with Crippen LogP contribution in [-0.4, -0.2) is 0 Å². The lowest BCUT2D eigenvalue weighted by Crippen LogP contribution is -1.89. The molecule has 3 heteroatoms.